The van der Waals surface area contributed by atoms with Crippen molar-refractivity contribution in [3.63, 3.8) is 0 Å². The van der Waals surface area contributed by atoms with E-state index in [1.165, 1.54) is 17.2 Å². The van der Waals surface area contributed by atoms with Crippen molar-refractivity contribution < 1.29 is 4.42 Å². The van der Waals surface area contributed by atoms with E-state index in [0.29, 0.717) is 5.58 Å². The van der Waals surface area contributed by atoms with E-state index in [9.17, 15) is 4.79 Å². The first-order chi connectivity index (χ1) is 10.1. The number of aryl methyl sites for hydroxylation is 1. The number of fused-ring (bicyclic) bond motifs is 1. The molecule has 2 nitrogen and oxygen atoms in total. The van der Waals surface area contributed by atoms with Crippen molar-refractivity contribution in [1.29, 1.82) is 0 Å². The van der Waals surface area contributed by atoms with E-state index in [4.69, 9.17) is 4.42 Å². The molecule has 1 aromatic heterocycles. The standard InChI is InChI=1S/C19H22O2/c1-14(2)8-6-4-5-7-9-16-13-17-10-11-19(20)21-18(17)12-15(16)3/h5,7-8,10-13H,4,6,9H2,1-3H3/b7-5+. The minimum Gasteiger partial charge on any atom is -0.423 e. The highest BCUT2D eigenvalue weighted by Gasteiger charge is 2.02. The molecule has 2 heteroatoms. The Morgan fingerprint density at radius 2 is 1.95 bits per heavy atom. The van der Waals surface area contributed by atoms with Gasteiger partial charge in [0.15, 0.2) is 0 Å². The van der Waals surface area contributed by atoms with E-state index in [1.807, 2.05) is 12.1 Å². The molecule has 0 amide bonds. The molecule has 2 aromatic rings. The third-order valence-corrected chi connectivity index (χ3v) is 3.47. The van der Waals surface area contributed by atoms with Crippen molar-refractivity contribution in [1.82, 2.24) is 0 Å². The zero-order valence-corrected chi connectivity index (χ0v) is 13.0. The van der Waals surface area contributed by atoms with Gasteiger partial charge in [-0.3, -0.25) is 0 Å². The highest BCUT2D eigenvalue weighted by molar-refractivity contribution is 5.78. The molecule has 0 aliphatic heterocycles. The molecule has 0 aliphatic carbocycles. The highest BCUT2D eigenvalue weighted by Crippen LogP contribution is 2.19. The fourth-order valence-electron chi connectivity index (χ4n) is 2.28. The molecular weight excluding hydrogens is 260 g/mol. The van der Waals surface area contributed by atoms with Crippen molar-refractivity contribution in [2.24, 2.45) is 0 Å². The molecule has 2 rings (SSSR count). The number of hydrogen-bond donors (Lipinski definition) is 0. The Kier molecular flexibility index (Phi) is 5.15. The largest absolute Gasteiger partial charge is 0.423 e. The van der Waals surface area contributed by atoms with Gasteiger partial charge < -0.3 is 4.42 Å². The maximum absolute atomic E-state index is 11.2. The molecule has 110 valence electrons. The number of unbranched alkanes of at least 4 members (excludes halogenated alkanes) is 1. The Bertz CT molecular complexity index is 729. The maximum Gasteiger partial charge on any atom is 0.336 e. The molecule has 0 spiro atoms. The summed E-state index contributed by atoms with van der Waals surface area (Å²) < 4.78 is 5.20. The average molecular weight is 282 g/mol. The van der Waals surface area contributed by atoms with E-state index in [0.717, 1.165) is 30.2 Å². The van der Waals surface area contributed by atoms with Crippen LogP contribution in [0.15, 0.2) is 57.3 Å². The van der Waals surface area contributed by atoms with Gasteiger partial charge in [-0.2, -0.15) is 0 Å². The first-order valence-electron chi connectivity index (χ1n) is 7.38. The molecule has 0 bridgehead atoms. The number of benzene rings is 1. The van der Waals surface area contributed by atoms with Gasteiger partial charge in [0.1, 0.15) is 5.58 Å². The quantitative estimate of drug-likeness (QED) is 0.441. The van der Waals surface area contributed by atoms with Gasteiger partial charge in [0.2, 0.25) is 0 Å². The Morgan fingerprint density at radius 1 is 1.14 bits per heavy atom. The van der Waals surface area contributed by atoms with Crippen LogP contribution >= 0.6 is 0 Å². The van der Waals surface area contributed by atoms with Gasteiger partial charge in [-0.15, -0.1) is 0 Å². The molecule has 0 saturated heterocycles. The number of rotatable bonds is 5. The summed E-state index contributed by atoms with van der Waals surface area (Å²) in [6, 6.07) is 7.34. The molecule has 0 N–H and O–H groups in total. The molecular formula is C19H22O2. The van der Waals surface area contributed by atoms with Gasteiger partial charge in [-0.25, -0.2) is 4.79 Å². The minimum absolute atomic E-state index is 0.297. The summed E-state index contributed by atoms with van der Waals surface area (Å²) in [4.78, 5) is 11.2. The average Bonchev–Trinajstić information content (AvgIpc) is 2.42. The summed E-state index contributed by atoms with van der Waals surface area (Å²) in [5, 5.41) is 0.980. The van der Waals surface area contributed by atoms with Gasteiger partial charge in [-0.05, 0) is 69.4 Å². The van der Waals surface area contributed by atoms with Crippen LogP contribution in [0.1, 0.15) is 37.8 Å². The third kappa shape index (κ3) is 4.45. The first-order valence-corrected chi connectivity index (χ1v) is 7.38. The smallest absolute Gasteiger partial charge is 0.336 e. The van der Waals surface area contributed by atoms with Gasteiger partial charge >= 0.3 is 5.63 Å². The second kappa shape index (κ2) is 7.07. The van der Waals surface area contributed by atoms with E-state index < -0.39 is 0 Å². The summed E-state index contributed by atoms with van der Waals surface area (Å²) >= 11 is 0. The number of hydrogen-bond acceptors (Lipinski definition) is 2. The molecule has 0 saturated carbocycles. The van der Waals surface area contributed by atoms with E-state index in [2.05, 4.69) is 45.1 Å². The van der Waals surface area contributed by atoms with Gasteiger partial charge in [0.25, 0.3) is 0 Å². The first kappa shape index (κ1) is 15.3. The van der Waals surface area contributed by atoms with Gasteiger partial charge in [0.05, 0.1) is 0 Å². The third-order valence-electron chi connectivity index (χ3n) is 3.47. The monoisotopic (exact) mass is 282 g/mol. The second-order valence-corrected chi connectivity index (χ2v) is 5.61. The van der Waals surface area contributed by atoms with E-state index >= 15 is 0 Å². The zero-order chi connectivity index (χ0) is 15.2. The van der Waals surface area contributed by atoms with Crippen LogP contribution in [0, 0.1) is 6.92 Å². The molecule has 0 atom stereocenters. The zero-order valence-electron chi connectivity index (χ0n) is 13.0. The van der Waals surface area contributed by atoms with Gasteiger partial charge in [-0.1, -0.05) is 23.8 Å². The molecule has 0 unspecified atom stereocenters. The fourth-order valence-corrected chi connectivity index (χ4v) is 2.28. The van der Waals surface area contributed by atoms with E-state index in [-0.39, 0.29) is 5.63 Å². The highest BCUT2D eigenvalue weighted by atomic mass is 16.4. The van der Waals surface area contributed by atoms with Gasteiger partial charge in [0, 0.05) is 11.5 Å². The topological polar surface area (TPSA) is 30.2 Å². The summed E-state index contributed by atoms with van der Waals surface area (Å²) in [7, 11) is 0. The number of allylic oxidation sites excluding steroid dienone is 4. The van der Waals surface area contributed by atoms with E-state index in [1.54, 1.807) is 0 Å². The fraction of sp³-hybridized carbons (Fsp3) is 0.316. The summed E-state index contributed by atoms with van der Waals surface area (Å²) in [5.41, 5.74) is 4.17. The summed E-state index contributed by atoms with van der Waals surface area (Å²) in [5.74, 6) is 0. The lowest BCUT2D eigenvalue weighted by molar-refractivity contribution is 0.560. The Hall–Kier alpha value is -2.09. The van der Waals surface area contributed by atoms with Crippen LogP contribution in [-0.4, -0.2) is 0 Å². The van der Waals surface area contributed by atoms with Crippen LogP contribution in [0.2, 0.25) is 0 Å². The molecule has 21 heavy (non-hydrogen) atoms. The molecule has 1 aromatic carbocycles. The predicted octanol–water partition coefficient (Wildman–Crippen LogP) is 4.95. The van der Waals surface area contributed by atoms with Crippen molar-refractivity contribution in [3.8, 4) is 0 Å². The van der Waals surface area contributed by atoms with Crippen molar-refractivity contribution in [3.05, 3.63) is 69.6 Å². The molecule has 0 fully saturated rings. The van der Waals surface area contributed by atoms with Crippen LogP contribution < -0.4 is 5.63 Å². The van der Waals surface area contributed by atoms with Crippen LogP contribution in [0.5, 0.6) is 0 Å². The van der Waals surface area contributed by atoms with Crippen molar-refractivity contribution >= 4 is 11.0 Å². The molecule has 0 aliphatic rings. The SMILES string of the molecule is CC(C)=CCC/C=C/Cc1cc2ccc(=O)oc2cc1C. The predicted molar refractivity (Wildman–Crippen MR) is 88.7 cm³/mol. The minimum atomic E-state index is -0.297. The van der Waals surface area contributed by atoms with Crippen LogP contribution in [0.3, 0.4) is 0 Å². The summed E-state index contributed by atoms with van der Waals surface area (Å²) in [6.07, 6.45) is 9.79. The maximum atomic E-state index is 11.2. The lowest BCUT2D eigenvalue weighted by atomic mass is 10.0. The van der Waals surface area contributed by atoms with Crippen molar-refractivity contribution in [2.75, 3.05) is 0 Å². The Balaban J connectivity index is 2.06. The lowest BCUT2D eigenvalue weighted by Crippen LogP contribution is -1.96. The van der Waals surface area contributed by atoms with Crippen LogP contribution in [0.25, 0.3) is 11.0 Å². The Morgan fingerprint density at radius 3 is 2.71 bits per heavy atom. The molecule has 0 radical (unpaired) electrons. The summed E-state index contributed by atoms with van der Waals surface area (Å²) in [6.45, 7) is 6.31. The Labute approximate surface area is 125 Å². The second-order valence-electron chi connectivity index (χ2n) is 5.61. The lowest BCUT2D eigenvalue weighted by Gasteiger charge is -2.05. The van der Waals surface area contributed by atoms with Crippen LogP contribution in [-0.2, 0) is 6.42 Å². The van der Waals surface area contributed by atoms with Crippen molar-refractivity contribution in [2.45, 2.75) is 40.0 Å². The normalized spacial score (nSPS) is 11.2. The van der Waals surface area contributed by atoms with Crippen LogP contribution in [0.4, 0.5) is 0 Å². The molecule has 1 heterocycles.